The topological polar surface area (TPSA) is 51.7 Å². The van der Waals surface area contributed by atoms with Crippen LogP contribution in [0.5, 0.6) is 0 Å². The van der Waals surface area contributed by atoms with E-state index in [2.05, 4.69) is 54.8 Å². The number of hydrogen-bond donors (Lipinski definition) is 0. The van der Waals surface area contributed by atoms with Crippen LogP contribution in [-0.4, -0.2) is 38.1 Å². The largest absolute Gasteiger partial charge is 0.443 e. The Morgan fingerprint density at radius 1 is 1.28 bits per heavy atom. The number of nitrogens with zero attached hydrogens (tertiary/aromatic N) is 2. The highest BCUT2D eigenvalue weighted by Gasteiger charge is 2.37. The first kappa shape index (κ1) is 22.6. The van der Waals surface area contributed by atoms with E-state index in [9.17, 15) is 4.79 Å². The van der Waals surface area contributed by atoms with Gasteiger partial charge in [-0.2, -0.15) is 0 Å². The predicted molar refractivity (Wildman–Crippen MR) is 111 cm³/mol. The van der Waals surface area contributed by atoms with Crippen LogP contribution < -0.4 is 4.90 Å². The van der Waals surface area contributed by atoms with E-state index in [0.717, 1.165) is 10.2 Å². The molecule has 0 saturated carbocycles. The van der Waals surface area contributed by atoms with Crippen molar-refractivity contribution >= 4 is 46.8 Å². The number of anilines is 1. The van der Waals surface area contributed by atoms with Crippen molar-refractivity contribution in [3.05, 3.63) is 9.98 Å². The van der Waals surface area contributed by atoms with Gasteiger partial charge in [0.25, 0.3) is 0 Å². The lowest BCUT2D eigenvalue weighted by Crippen LogP contribution is -2.42. The number of hydrogen-bond acceptors (Lipinski definition) is 5. The molecule has 25 heavy (non-hydrogen) atoms. The van der Waals surface area contributed by atoms with Gasteiger partial charge >= 0.3 is 6.09 Å². The van der Waals surface area contributed by atoms with E-state index >= 15 is 0 Å². The molecule has 0 spiro atoms. The summed E-state index contributed by atoms with van der Waals surface area (Å²) in [6, 6.07) is 0. The highest BCUT2D eigenvalue weighted by atomic mass is 79.9. The Morgan fingerprint density at radius 2 is 1.88 bits per heavy atom. The molecule has 1 aromatic heterocycles. The molecule has 0 aromatic carbocycles. The van der Waals surface area contributed by atoms with Crippen molar-refractivity contribution in [2.75, 3.05) is 18.1 Å². The minimum absolute atomic E-state index is 0.179. The van der Waals surface area contributed by atoms with Crippen molar-refractivity contribution in [1.29, 1.82) is 0 Å². The highest BCUT2D eigenvalue weighted by Crippen LogP contribution is 2.36. The number of halogens is 1. The van der Waals surface area contributed by atoms with Crippen LogP contribution >= 0.6 is 27.3 Å². The summed E-state index contributed by atoms with van der Waals surface area (Å²) in [5, 5.41) is 0.811. The third-order valence-corrected chi connectivity index (χ3v) is 10.1. The lowest BCUT2D eigenvalue weighted by Gasteiger charge is -2.36. The molecule has 8 heteroatoms. The fraction of sp³-hybridized carbons (Fsp3) is 0.765. The predicted octanol–water partition coefficient (Wildman–Crippen LogP) is 6.06. The van der Waals surface area contributed by atoms with E-state index in [-0.39, 0.29) is 11.1 Å². The molecule has 0 atom stereocenters. The Morgan fingerprint density at radius 3 is 2.32 bits per heavy atom. The average Bonchev–Trinajstić information content (AvgIpc) is 2.81. The van der Waals surface area contributed by atoms with Crippen LogP contribution in [0, 0.1) is 0 Å². The maximum absolute atomic E-state index is 12.5. The molecule has 1 aromatic rings. The van der Waals surface area contributed by atoms with Gasteiger partial charge in [0.2, 0.25) is 0 Å². The van der Waals surface area contributed by atoms with Crippen molar-refractivity contribution < 1.29 is 14.0 Å². The van der Waals surface area contributed by atoms with E-state index in [1.807, 2.05) is 20.8 Å². The fourth-order valence-electron chi connectivity index (χ4n) is 1.72. The minimum atomic E-state index is -1.77. The van der Waals surface area contributed by atoms with Gasteiger partial charge in [0.05, 0.1) is 9.98 Å². The molecule has 1 heterocycles. The summed E-state index contributed by atoms with van der Waals surface area (Å²) >= 11 is 4.82. The second kappa shape index (κ2) is 8.50. The highest BCUT2D eigenvalue weighted by molar-refractivity contribution is 9.11. The van der Waals surface area contributed by atoms with Gasteiger partial charge in [-0.05, 0) is 61.3 Å². The SMILES string of the molecule is CC(C)(C)OC(=O)N(CCCO[Si](C)(C)C(C)(C)C)c1ncc(Br)s1. The summed E-state index contributed by atoms with van der Waals surface area (Å²) in [6.07, 6.45) is 2.06. The zero-order valence-corrected chi connectivity index (χ0v) is 20.0. The van der Waals surface area contributed by atoms with Crippen LogP contribution in [0.25, 0.3) is 0 Å². The first-order chi connectivity index (χ1) is 11.2. The van der Waals surface area contributed by atoms with E-state index in [1.54, 1.807) is 11.1 Å². The van der Waals surface area contributed by atoms with Crippen molar-refractivity contribution in [2.24, 2.45) is 0 Å². The maximum Gasteiger partial charge on any atom is 0.416 e. The number of carbonyl (C=O) groups excluding carboxylic acids is 1. The molecule has 144 valence electrons. The molecular weight excluding hydrogens is 420 g/mol. The van der Waals surface area contributed by atoms with Gasteiger partial charge in [-0.3, -0.25) is 4.90 Å². The second-order valence-corrected chi connectivity index (χ2v) is 15.7. The molecule has 0 unspecified atom stereocenters. The molecule has 5 nitrogen and oxygen atoms in total. The Labute approximate surface area is 165 Å². The molecule has 1 amide bonds. The van der Waals surface area contributed by atoms with Crippen LogP contribution in [0.1, 0.15) is 48.0 Å². The van der Waals surface area contributed by atoms with E-state index < -0.39 is 13.9 Å². The smallest absolute Gasteiger partial charge is 0.416 e. The van der Waals surface area contributed by atoms with Gasteiger partial charge in [0.1, 0.15) is 5.60 Å². The Balaban J connectivity index is 2.71. The zero-order chi connectivity index (χ0) is 19.5. The molecule has 0 bridgehead atoms. The first-order valence-corrected chi connectivity index (χ1v) is 13.0. The van der Waals surface area contributed by atoms with E-state index in [4.69, 9.17) is 9.16 Å². The molecule has 0 fully saturated rings. The van der Waals surface area contributed by atoms with Gasteiger partial charge in [-0.15, -0.1) is 0 Å². The van der Waals surface area contributed by atoms with Gasteiger partial charge in [0, 0.05) is 13.2 Å². The number of aromatic nitrogens is 1. The number of carbonyl (C=O) groups is 1. The minimum Gasteiger partial charge on any atom is -0.443 e. The number of rotatable bonds is 6. The zero-order valence-electron chi connectivity index (χ0n) is 16.6. The van der Waals surface area contributed by atoms with Crippen molar-refractivity contribution in [3.8, 4) is 0 Å². The summed E-state index contributed by atoms with van der Waals surface area (Å²) in [6.45, 7) is 17.9. The normalized spacial score (nSPS) is 13.0. The van der Waals surface area contributed by atoms with E-state index in [1.165, 1.54) is 11.3 Å². The van der Waals surface area contributed by atoms with Gasteiger partial charge < -0.3 is 9.16 Å². The molecule has 0 N–H and O–H groups in total. The van der Waals surface area contributed by atoms with Crippen molar-refractivity contribution in [2.45, 2.75) is 71.7 Å². The summed E-state index contributed by atoms with van der Waals surface area (Å²) in [7, 11) is -1.77. The molecular formula is C17H31BrN2O3SSi. The number of ether oxygens (including phenoxy) is 1. The lowest BCUT2D eigenvalue weighted by molar-refractivity contribution is 0.0578. The fourth-order valence-corrected chi connectivity index (χ4v) is 4.00. The summed E-state index contributed by atoms with van der Waals surface area (Å²) in [5.74, 6) is 0. The average molecular weight is 452 g/mol. The first-order valence-electron chi connectivity index (χ1n) is 8.49. The van der Waals surface area contributed by atoms with E-state index in [0.29, 0.717) is 18.3 Å². The van der Waals surface area contributed by atoms with Crippen LogP contribution in [0.15, 0.2) is 9.98 Å². The third kappa shape index (κ3) is 7.36. The van der Waals surface area contributed by atoms with Gasteiger partial charge in [0.15, 0.2) is 13.4 Å². The van der Waals surface area contributed by atoms with Crippen LogP contribution in [-0.2, 0) is 9.16 Å². The maximum atomic E-state index is 12.5. The summed E-state index contributed by atoms with van der Waals surface area (Å²) < 4.78 is 12.6. The van der Waals surface area contributed by atoms with Crippen molar-refractivity contribution in [1.82, 2.24) is 4.98 Å². The molecule has 0 aliphatic rings. The van der Waals surface area contributed by atoms with Crippen LogP contribution in [0.2, 0.25) is 18.1 Å². The Hall–Kier alpha value is -0.443. The van der Waals surface area contributed by atoms with Gasteiger partial charge in [-0.1, -0.05) is 32.1 Å². The Kier molecular flexibility index (Phi) is 7.68. The molecule has 0 saturated heterocycles. The number of thiazole rings is 1. The number of amides is 1. The van der Waals surface area contributed by atoms with Crippen LogP contribution in [0.4, 0.5) is 9.93 Å². The third-order valence-electron chi connectivity index (χ3n) is 4.11. The molecule has 0 aliphatic carbocycles. The monoisotopic (exact) mass is 450 g/mol. The quantitative estimate of drug-likeness (QED) is 0.390. The lowest BCUT2D eigenvalue weighted by atomic mass is 10.2. The van der Waals surface area contributed by atoms with Crippen LogP contribution in [0.3, 0.4) is 0 Å². The van der Waals surface area contributed by atoms with Gasteiger partial charge in [-0.25, -0.2) is 9.78 Å². The van der Waals surface area contributed by atoms with Crippen molar-refractivity contribution in [3.63, 3.8) is 0 Å². The Bertz CT molecular complexity index is 579. The summed E-state index contributed by atoms with van der Waals surface area (Å²) in [5.41, 5.74) is -0.540. The molecule has 0 aliphatic heterocycles. The molecule has 1 rings (SSSR count). The molecule has 0 radical (unpaired) electrons. The standard InChI is InChI=1S/C17H31BrN2O3SSi/c1-16(2,3)23-15(21)20(14-19-12-13(18)24-14)10-9-11-22-25(7,8)17(4,5)6/h12H,9-11H2,1-8H3. The summed E-state index contributed by atoms with van der Waals surface area (Å²) in [4.78, 5) is 18.4. The second-order valence-electron chi connectivity index (χ2n) is 8.54.